The third-order valence-electron chi connectivity index (χ3n) is 3.72. The van der Waals surface area contributed by atoms with E-state index < -0.39 is 5.60 Å². The van der Waals surface area contributed by atoms with Crippen molar-refractivity contribution in [2.45, 2.75) is 64.1 Å². The summed E-state index contributed by atoms with van der Waals surface area (Å²) in [7, 11) is 0. The van der Waals surface area contributed by atoms with Crippen molar-refractivity contribution in [1.82, 2.24) is 4.90 Å². The molecule has 0 amide bonds. The minimum Gasteiger partial charge on any atom is -0.389 e. The van der Waals surface area contributed by atoms with E-state index in [9.17, 15) is 5.11 Å². The smallest absolute Gasteiger partial charge is 0.0753 e. The molecule has 1 aliphatic rings. The zero-order valence-electron chi connectivity index (χ0n) is 10.4. The monoisotopic (exact) mass is 214 g/mol. The van der Waals surface area contributed by atoms with E-state index in [0.29, 0.717) is 18.6 Å². The molecular formula is C12H26N2O. The van der Waals surface area contributed by atoms with Gasteiger partial charge in [0.15, 0.2) is 0 Å². The maximum absolute atomic E-state index is 9.87. The van der Waals surface area contributed by atoms with Gasteiger partial charge in [0.1, 0.15) is 0 Å². The maximum atomic E-state index is 9.87. The molecule has 15 heavy (non-hydrogen) atoms. The molecule has 0 aliphatic carbocycles. The van der Waals surface area contributed by atoms with E-state index in [1.54, 1.807) is 0 Å². The minimum atomic E-state index is -0.698. The molecule has 0 saturated carbocycles. The Morgan fingerprint density at radius 1 is 1.33 bits per heavy atom. The Hall–Kier alpha value is -0.120. The van der Waals surface area contributed by atoms with Crippen molar-refractivity contribution in [3.8, 4) is 0 Å². The fraction of sp³-hybridized carbons (Fsp3) is 1.00. The summed E-state index contributed by atoms with van der Waals surface area (Å²) in [4.78, 5) is 2.51. The minimum absolute atomic E-state index is 0.351. The van der Waals surface area contributed by atoms with E-state index in [4.69, 9.17) is 5.73 Å². The Labute approximate surface area is 93.6 Å². The van der Waals surface area contributed by atoms with Crippen LogP contribution in [0.1, 0.15) is 46.5 Å². The Bertz CT molecular complexity index is 184. The SMILES string of the molecule is CC1CCCC(C)N1CCC(C)(O)CN. The number of piperidine rings is 1. The number of likely N-dealkylation sites (tertiary alicyclic amines) is 1. The van der Waals surface area contributed by atoms with Crippen LogP contribution in [0.15, 0.2) is 0 Å². The molecule has 0 radical (unpaired) electrons. The van der Waals surface area contributed by atoms with Crippen molar-refractivity contribution in [2.24, 2.45) is 5.73 Å². The molecule has 3 unspecified atom stereocenters. The first-order valence-corrected chi connectivity index (χ1v) is 6.14. The lowest BCUT2D eigenvalue weighted by molar-refractivity contribution is 0.0255. The van der Waals surface area contributed by atoms with Crippen molar-refractivity contribution < 1.29 is 5.11 Å². The average Bonchev–Trinajstić information content (AvgIpc) is 2.17. The molecule has 0 aromatic heterocycles. The molecule has 1 rings (SSSR count). The van der Waals surface area contributed by atoms with Crippen LogP contribution in [0.4, 0.5) is 0 Å². The summed E-state index contributed by atoms with van der Waals surface area (Å²) in [6.07, 6.45) is 4.69. The van der Waals surface area contributed by atoms with Crippen LogP contribution in [-0.4, -0.2) is 40.8 Å². The van der Waals surface area contributed by atoms with Gasteiger partial charge in [0.25, 0.3) is 0 Å². The predicted molar refractivity (Wildman–Crippen MR) is 63.8 cm³/mol. The van der Waals surface area contributed by atoms with Gasteiger partial charge in [-0.05, 0) is 40.0 Å². The Morgan fingerprint density at radius 3 is 2.33 bits per heavy atom. The van der Waals surface area contributed by atoms with Gasteiger partial charge in [0.2, 0.25) is 0 Å². The summed E-state index contributed by atoms with van der Waals surface area (Å²) in [6, 6.07) is 1.31. The Kier molecular flexibility index (Phi) is 4.56. The molecule has 1 fully saturated rings. The zero-order chi connectivity index (χ0) is 11.5. The van der Waals surface area contributed by atoms with Crippen LogP contribution in [-0.2, 0) is 0 Å². The highest BCUT2D eigenvalue weighted by Crippen LogP contribution is 2.23. The second-order valence-electron chi connectivity index (χ2n) is 5.32. The van der Waals surface area contributed by atoms with Gasteiger partial charge < -0.3 is 10.8 Å². The molecule has 3 atom stereocenters. The highest BCUT2D eigenvalue weighted by molar-refractivity contribution is 4.82. The molecular weight excluding hydrogens is 188 g/mol. The van der Waals surface area contributed by atoms with E-state index in [1.165, 1.54) is 19.3 Å². The van der Waals surface area contributed by atoms with Crippen LogP contribution in [0.3, 0.4) is 0 Å². The van der Waals surface area contributed by atoms with Crippen LogP contribution in [0.2, 0.25) is 0 Å². The normalized spacial score (nSPS) is 32.6. The number of hydrogen-bond acceptors (Lipinski definition) is 3. The van der Waals surface area contributed by atoms with E-state index in [0.717, 1.165) is 13.0 Å². The molecule has 3 heteroatoms. The van der Waals surface area contributed by atoms with Gasteiger partial charge in [0.05, 0.1) is 5.60 Å². The number of nitrogens with zero attached hydrogens (tertiary/aromatic N) is 1. The van der Waals surface area contributed by atoms with Gasteiger partial charge in [-0.3, -0.25) is 4.90 Å². The van der Waals surface area contributed by atoms with Gasteiger partial charge in [-0.15, -0.1) is 0 Å². The lowest BCUT2D eigenvalue weighted by atomic mass is 9.95. The summed E-state index contributed by atoms with van der Waals surface area (Å²) in [5, 5.41) is 9.87. The highest BCUT2D eigenvalue weighted by Gasteiger charge is 2.27. The van der Waals surface area contributed by atoms with Crippen LogP contribution in [0.5, 0.6) is 0 Å². The standard InChI is InChI=1S/C12H26N2O/c1-10-5-4-6-11(2)14(10)8-7-12(3,15)9-13/h10-11,15H,4-9,13H2,1-3H3. The van der Waals surface area contributed by atoms with Crippen LogP contribution in [0, 0.1) is 0 Å². The summed E-state index contributed by atoms with van der Waals surface area (Å²) in [5.74, 6) is 0. The summed E-state index contributed by atoms with van der Waals surface area (Å²) < 4.78 is 0. The molecule has 1 aliphatic heterocycles. The van der Waals surface area contributed by atoms with Gasteiger partial charge in [-0.1, -0.05) is 6.42 Å². The first-order chi connectivity index (χ1) is 6.96. The van der Waals surface area contributed by atoms with Gasteiger partial charge >= 0.3 is 0 Å². The number of rotatable bonds is 4. The maximum Gasteiger partial charge on any atom is 0.0753 e. The molecule has 3 nitrogen and oxygen atoms in total. The lowest BCUT2D eigenvalue weighted by Crippen LogP contribution is -2.47. The summed E-state index contributed by atoms with van der Waals surface area (Å²) in [6.45, 7) is 7.71. The molecule has 1 heterocycles. The zero-order valence-corrected chi connectivity index (χ0v) is 10.4. The fourth-order valence-electron chi connectivity index (χ4n) is 2.39. The van der Waals surface area contributed by atoms with Gasteiger partial charge in [-0.2, -0.15) is 0 Å². The molecule has 90 valence electrons. The van der Waals surface area contributed by atoms with Crippen molar-refractivity contribution in [1.29, 1.82) is 0 Å². The number of hydrogen-bond donors (Lipinski definition) is 2. The molecule has 0 spiro atoms. The first kappa shape index (κ1) is 12.9. The molecule has 3 N–H and O–H groups in total. The van der Waals surface area contributed by atoms with Crippen molar-refractivity contribution in [3.05, 3.63) is 0 Å². The average molecular weight is 214 g/mol. The lowest BCUT2D eigenvalue weighted by Gasteiger charge is -2.40. The fourth-order valence-corrected chi connectivity index (χ4v) is 2.39. The first-order valence-electron chi connectivity index (χ1n) is 6.14. The molecule has 0 bridgehead atoms. The van der Waals surface area contributed by atoms with Crippen molar-refractivity contribution in [2.75, 3.05) is 13.1 Å². The molecule has 1 saturated heterocycles. The van der Waals surface area contributed by atoms with Crippen LogP contribution < -0.4 is 5.73 Å². The predicted octanol–water partition coefficient (Wildman–Crippen LogP) is 1.35. The Morgan fingerprint density at radius 2 is 1.87 bits per heavy atom. The number of nitrogens with two attached hydrogens (primary N) is 1. The third kappa shape index (κ3) is 3.74. The molecule has 0 aromatic rings. The third-order valence-corrected chi connectivity index (χ3v) is 3.72. The van der Waals surface area contributed by atoms with Crippen molar-refractivity contribution in [3.63, 3.8) is 0 Å². The van der Waals surface area contributed by atoms with Crippen LogP contribution >= 0.6 is 0 Å². The van der Waals surface area contributed by atoms with E-state index in [1.807, 2.05) is 6.92 Å². The van der Waals surface area contributed by atoms with E-state index in [-0.39, 0.29) is 0 Å². The van der Waals surface area contributed by atoms with Gasteiger partial charge in [-0.25, -0.2) is 0 Å². The largest absolute Gasteiger partial charge is 0.389 e. The van der Waals surface area contributed by atoms with E-state index >= 15 is 0 Å². The van der Waals surface area contributed by atoms with E-state index in [2.05, 4.69) is 18.7 Å². The van der Waals surface area contributed by atoms with Crippen LogP contribution in [0.25, 0.3) is 0 Å². The Balaban J connectivity index is 2.42. The quantitative estimate of drug-likeness (QED) is 0.742. The second kappa shape index (κ2) is 5.28. The summed E-state index contributed by atoms with van der Waals surface area (Å²) in [5.41, 5.74) is 4.83. The topological polar surface area (TPSA) is 49.5 Å². The second-order valence-corrected chi connectivity index (χ2v) is 5.32. The summed E-state index contributed by atoms with van der Waals surface area (Å²) >= 11 is 0. The number of aliphatic hydroxyl groups is 1. The van der Waals surface area contributed by atoms with Gasteiger partial charge in [0, 0.05) is 25.2 Å². The molecule has 0 aromatic carbocycles. The van der Waals surface area contributed by atoms with Crippen molar-refractivity contribution >= 4 is 0 Å². The highest BCUT2D eigenvalue weighted by atomic mass is 16.3.